The maximum atomic E-state index is 2.63. The lowest BCUT2D eigenvalue weighted by atomic mass is 9.93. The molecule has 0 unspecified atom stereocenters. The van der Waals surface area contributed by atoms with Gasteiger partial charge in [0, 0.05) is 11.3 Å². The lowest BCUT2D eigenvalue weighted by Crippen LogP contribution is -2.39. The fourth-order valence-corrected chi connectivity index (χ4v) is 3.22. The monoisotopic (exact) mass is 201 g/mol. The van der Waals surface area contributed by atoms with Gasteiger partial charge in [-0.25, -0.2) is 0 Å². The highest BCUT2D eigenvalue weighted by Crippen LogP contribution is 2.29. The quantitative estimate of drug-likeness (QED) is 0.688. The maximum absolute atomic E-state index is 2.63. The first kappa shape index (κ1) is 11.4. The van der Waals surface area contributed by atoms with Crippen molar-refractivity contribution in [3.8, 4) is 0 Å². The van der Waals surface area contributed by atoms with Gasteiger partial charge in [0.05, 0.1) is 0 Å². The predicted molar refractivity (Wildman–Crippen MR) is 62.5 cm³/mol. The van der Waals surface area contributed by atoms with Gasteiger partial charge in [-0.15, -0.1) is 0 Å². The molecule has 0 spiro atoms. The second-order valence-electron chi connectivity index (χ2n) is 3.90. The highest BCUT2D eigenvalue weighted by atomic mass is 32.2. The van der Waals surface area contributed by atoms with Crippen molar-refractivity contribution in [2.24, 2.45) is 0 Å². The summed E-state index contributed by atoms with van der Waals surface area (Å²) in [4.78, 5) is 2.63. The molecule has 1 aliphatic carbocycles. The fourth-order valence-electron chi connectivity index (χ4n) is 2.41. The summed E-state index contributed by atoms with van der Waals surface area (Å²) in [6, 6.07) is 0.876. The molecule has 0 bridgehead atoms. The Balaban J connectivity index is 2.40. The van der Waals surface area contributed by atoms with Crippen LogP contribution in [0.1, 0.15) is 39.5 Å². The van der Waals surface area contributed by atoms with Crippen LogP contribution in [-0.2, 0) is 0 Å². The average molecular weight is 201 g/mol. The van der Waals surface area contributed by atoms with Gasteiger partial charge in [0.1, 0.15) is 0 Å². The van der Waals surface area contributed by atoms with Gasteiger partial charge in [0.25, 0.3) is 0 Å². The lowest BCUT2D eigenvalue weighted by molar-refractivity contribution is 0.175. The van der Waals surface area contributed by atoms with Gasteiger partial charge in [0.15, 0.2) is 0 Å². The van der Waals surface area contributed by atoms with Gasteiger partial charge in [-0.05, 0) is 38.6 Å². The van der Waals surface area contributed by atoms with Gasteiger partial charge >= 0.3 is 0 Å². The summed E-state index contributed by atoms with van der Waals surface area (Å²) in [5, 5.41) is 0.930. The van der Waals surface area contributed by atoms with Crippen molar-refractivity contribution in [2.75, 3.05) is 19.3 Å². The Bertz CT molecular complexity index is 134. The zero-order valence-electron chi connectivity index (χ0n) is 9.25. The standard InChI is InChI=1S/C11H23NS/c1-4-12(5-2)10-7-6-8-11(9-10)13-3/h10-11H,4-9H2,1-3H3/t10-,11+/m1/s1. The summed E-state index contributed by atoms with van der Waals surface area (Å²) in [6.07, 6.45) is 7.99. The molecule has 0 aromatic rings. The van der Waals surface area contributed by atoms with Crippen LogP contribution in [-0.4, -0.2) is 35.5 Å². The lowest BCUT2D eigenvalue weighted by Gasteiger charge is -2.35. The minimum absolute atomic E-state index is 0.876. The molecule has 0 N–H and O–H groups in total. The van der Waals surface area contributed by atoms with E-state index in [0.29, 0.717) is 0 Å². The topological polar surface area (TPSA) is 3.24 Å². The van der Waals surface area contributed by atoms with E-state index in [4.69, 9.17) is 0 Å². The normalized spacial score (nSPS) is 29.5. The minimum atomic E-state index is 0.876. The van der Waals surface area contributed by atoms with E-state index in [1.54, 1.807) is 0 Å². The van der Waals surface area contributed by atoms with E-state index < -0.39 is 0 Å². The number of thioether (sulfide) groups is 1. The molecule has 0 amide bonds. The Labute approximate surface area is 87.3 Å². The molecule has 0 aromatic heterocycles. The molecule has 1 saturated carbocycles. The molecule has 78 valence electrons. The van der Waals surface area contributed by atoms with Crippen LogP contribution in [0.2, 0.25) is 0 Å². The third-order valence-electron chi connectivity index (χ3n) is 3.26. The molecular formula is C11H23NS. The molecule has 0 saturated heterocycles. The highest BCUT2D eigenvalue weighted by molar-refractivity contribution is 7.99. The minimum Gasteiger partial charge on any atom is -0.301 e. The summed E-state index contributed by atoms with van der Waals surface area (Å²) in [6.45, 7) is 7.02. The first-order valence-corrected chi connectivity index (χ1v) is 6.87. The van der Waals surface area contributed by atoms with E-state index in [1.165, 1.54) is 38.8 Å². The van der Waals surface area contributed by atoms with Crippen LogP contribution in [0, 0.1) is 0 Å². The Kier molecular flexibility index (Phi) is 5.18. The second-order valence-corrected chi connectivity index (χ2v) is 5.04. The largest absolute Gasteiger partial charge is 0.301 e. The summed E-state index contributed by atoms with van der Waals surface area (Å²) >= 11 is 2.06. The highest BCUT2D eigenvalue weighted by Gasteiger charge is 2.24. The maximum Gasteiger partial charge on any atom is 0.0106 e. The van der Waals surface area contributed by atoms with Crippen LogP contribution in [0.4, 0.5) is 0 Å². The molecule has 0 aromatic carbocycles. The van der Waals surface area contributed by atoms with Crippen LogP contribution in [0.25, 0.3) is 0 Å². The van der Waals surface area contributed by atoms with Crippen molar-refractivity contribution >= 4 is 11.8 Å². The van der Waals surface area contributed by atoms with E-state index >= 15 is 0 Å². The van der Waals surface area contributed by atoms with E-state index in [2.05, 4.69) is 36.8 Å². The molecular weight excluding hydrogens is 178 g/mol. The van der Waals surface area contributed by atoms with Crippen molar-refractivity contribution in [3.63, 3.8) is 0 Å². The summed E-state index contributed by atoms with van der Waals surface area (Å²) in [5.41, 5.74) is 0. The van der Waals surface area contributed by atoms with Crippen molar-refractivity contribution in [2.45, 2.75) is 50.8 Å². The van der Waals surface area contributed by atoms with Gasteiger partial charge in [-0.3, -0.25) is 0 Å². The first-order chi connectivity index (χ1) is 6.31. The Hall–Kier alpha value is 0.310. The first-order valence-electron chi connectivity index (χ1n) is 5.58. The van der Waals surface area contributed by atoms with Crippen LogP contribution in [0.15, 0.2) is 0 Å². The molecule has 1 fully saturated rings. The van der Waals surface area contributed by atoms with E-state index in [1.807, 2.05) is 0 Å². The number of rotatable bonds is 4. The van der Waals surface area contributed by atoms with E-state index in [-0.39, 0.29) is 0 Å². The van der Waals surface area contributed by atoms with Crippen LogP contribution < -0.4 is 0 Å². The Morgan fingerprint density at radius 2 is 1.92 bits per heavy atom. The van der Waals surface area contributed by atoms with E-state index in [9.17, 15) is 0 Å². The van der Waals surface area contributed by atoms with Gasteiger partial charge in [-0.1, -0.05) is 20.3 Å². The molecule has 1 rings (SSSR count). The zero-order valence-corrected chi connectivity index (χ0v) is 10.1. The zero-order chi connectivity index (χ0) is 9.68. The van der Waals surface area contributed by atoms with Gasteiger partial charge in [0.2, 0.25) is 0 Å². The molecule has 0 radical (unpaired) electrons. The van der Waals surface area contributed by atoms with Gasteiger partial charge in [-0.2, -0.15) is 11.8 Å². The summed E-state index contributed by atoms with van der Waals surface area (Å²) < 4.78 is 0. The predicted octanol–water partition coefficient (Wildman–Crippen LogP) is 3.00. The van der Waals surface area contributed by atoms with Crippen LogP contribution in [0.3, 0.4) is 0 Å². The van der Waals surface area contributed by atoms with Crippen molar-refractivity contribution < 1.29 is 0 Å². The molecule has 0 heterocycles. The molecule has 1 nitrogen and oxygen atoms in total. The SMILES string of the molecule is CCN(CC)[C@@H]1CCC[C@H](SC)C1. The Morgan fingerprint density at radius 1 is 1.23 bits per heavy atom. The molecule has 0 aliphatic heterocycles. The van der Waals surface area contributed by atoms with Crippen molar-refractivity contribution in [1.82, 2.24) is 4.90 Å². The van der Waals surface area contributed by atoms with Crippen LogP contribution in [0.5, 0.6) is 0 Å². The smallest absolute Gasteiger partial charge is 0.0106 e. The Morgan fingerprint density at radius 3 is 2.46 bits per heavy atom. The molecule has 1 aliphatic rings. The summed E-state index contributed by atoms with van der Waals surface area (Å²) in [7, 11) is 0. The van der Waals surface area contributed by atoms with Crippen molar-refractivity contribution in [3.05, 3.63) is 0 Å². The third-order valence-corrected chi connectivity index (χ3v) is 4.36. The second kappa shape index (κ2) is 5.92. The molecule has 13 heavy (non-hydrogen) atoms. The average Bonchev–Trinajstić information content (AvgIpc) is 2.20. The van der Waals surface area contributed by atoms with Crippen LogP contribution >= 0.6 is 11.8 Å². The fraction of sp³-hybridized carbons (Fsp3) is 1.00. The van der Waals surface area contributed by atoms with Gasteiger partial charge < -0.3 is 4.90 Å². The number of hydrogen-bond donors (Lipinski definition) is 0. The van der Waals surface area contributed by atoms with Crippen molar-refractivity contribution in [1.29, 1.82) is 0 Å². The molecule has 2 heteroatoms. The number of hydrogen-bond acceptors (Lipinski definition) is 2. The van der Waals surface area contributed by atoms with E-state index in [0.717, 1.165) is 11.3 Å². The molecule has 2 atom stereocenters. The summed E-state index contributed by atoms with van der Waals surface area (Å²) in [5.74, 6) is 0. The number of nitrogens with zero attached hydrogens (tertiary/aromatic N) is 1. The third kappa shape index (κ3) is 3.17.